The number of ether oxygens (including phenoxy) is 1. The number of imidazole rings is 1. The van der Waals surface area contributed by atoms with Crippen LogP contribution in [0.3, 0.4) is 0 Å². The lowest BCUT2D eigenvalue weighted by Gasteiger charge is -1.98. The quantitative estimate of drug-likeness (QED) is 0.799. The summed E-state index contributed by atoms with van der Waals surface area (Å²) in [5.74, 6) is 0.712. The predicted octanol–water partition coefficient (Wildman–Crippen LogP) is 2.78. The Hall–Kier alpha value is -0.770. The summed E-state index contributed by atoms with van der Waals surface area (Å²) in [6.45, 7) is 0.374. The molecule has 3 nitrogen and oxygen atoms in total. The van der Waals surface area contributed by atoms with Gasteiger partial charge in [-0.2, -0.15) is 0 Å². The average molecular weight is 233 g/mol. The molecule has 0 spiro atoms. The van der Waals surface area contributed by atoms with E-state index in [0.717, 1.165) is 0 Å². The van der Waals surface area contributed by atoms with Crippen LogP contribution in [0, 0.1) is 0 Å². The van der Waals surface area contributed by atoms with Crippen molar-refractivity contribution in [2.45, 2.75) is 0 Å². The van der Waals surface area contributed by atoms with Crippen molar-refractivity contribution < 1.29 is 4.74 Å². The van der Waals surface area contributed by atoms with Crippen LogP contribution in [0.15, 0.2) is 23.0 Å². The summed E-state index contributed by atoms with van der Waals surface area (Å²) in [5, 5.41) is 0.586. The van der Waals surface area contributed by atoms with E-state index in [1.807, 2.05) is 0 Å². The van der Waals surface area contributed by atoms with Gasteiger partial charge in [0.1, 0.15) is 5.82 Å². The molecule has 1 heterocycles. The maximum Gasteiger partial charge on any atom is 0.137 e. The molecule has 0 amide bonds. The average Bonchev–Trinajstić information content (AvgIpc) is 2.54. The number of aromatic nitrogens is 2. The molecule has 0 bridgehead atoms. The highest BCUT2D eigenvalue weighted by Gasteiger charge is 1.98. The molecule has 0 aliphatic heterocycles. The van der Waals surface area contributed by atoms with Crippen LogP contribution in [0.25, 0.3) is 12.3 Å². The number of hydrogen-bond acceptors (Lipinski definition) is 2. The van der Waals surface area contributed by atoms with Crippen LogP contribution in [0.5, 0.6) is 0 Å². The zero-order valence-electron chi connectivity index (χ0n) is 7.65. The third-order valence-corrected chi connectivity index (χ3v) is 1.81. The lowest BCUT2D eigenvalue weighted by molar-refractivity contribution is 0.231. The second-order valence-electron chi connectivity index (χ2n) is 2.49. The van der Waals surface area contributed by atoms with Crippen LogP contribution >= 0.6 is 23.2 Å². The van der Waals surface area contributed by atoms with Crippen LogP contribution in [-0.4, -0.2) is 23.3 Å². The second-order valence-corrected chi connectivity index (χ2v) is 3.23. The third kappa shape index (κ3) is 3.18. The van der Waals surface area contributed by atoms with Gasteiger partial charge in [-0.05, 0) is 6.08 Å². The van der Waals surface area contributed by atoms with Gasteiger partial charge in [0.25, 0.3) is 0 Å². The van der Waals surface area contributed by atoms with Gasteiger partial charge in [-0.1, -0.05) is 23.2 Å². The monoisotopic (exact) mass is 232 g/mol. The summed E-state index contributed by atoms with van der Waals surface area (Å²) in [6, 6.07) is 0. The molecule has 0 saturated heterocycles. The Balaban J connectivity index is 2.84. The molecule has 76 valence electrons. The van der Waals surface area contributed by atoms with Gasteiger partial charge in [0, 0.05) is 36.3 Å². The van der Waals surface area contributed by atoms with E-state index in [9.17, 15) is 0 Å². The van der Waals surface area contributed by atoms with Crippen LogP contribution in [-0.2, 0) is 4.74 Å². The molecule has 0 aromatic carbocycles. The van der Waals surface area contributed by atoms with E-state index in [1.165, 1.54) is 5.54 Å². The molecule has 14 heavy (non-hydrogen) atoms. The van der Waals surface area contributed by atoms with Crippen molar-refractivity contribution in [1.82, 2.24) is 9.55 Å². The molecule has 1 aromatic rings. The number of hydrogen-bond donors (Lipinski definition) is 0. The Morgan fingerprint density at radius 2 is 2.50 bits per heavy atom. The fourth-order valence-electron chi connectivity index (χ4n) is 0.943. The van der Waals surface area contributed by atoms with Gasteiger partial charge in [0.15, 0.2) is 0 Å². The number of nitrogens with zero attached hydrogens (tertiary/aromatic N) is 2. The summed E-state index contributed by atoms with van der Waals surface area (Å²) >= 11 is 11.3. The van der Waals surface area contributed by atoms with E-state index in [-0.39, 0.29) is 0 Å². The first-order valence-corrected chi connectivity index (χ1v) is 4.74. The lowest BCUT2D eigenvalue weighted by atomic mass is 10.5. The minimum absolute atomic E-state index is 0.374. The van der Waals surface area contributed by atoms with Gasteiger partial charge in [-0.15, -0.1) is 0 Å². The topological polar surface area (TPSA) is 27.1 Å². The zero-order valence-corrected chi connectivity index (χ0v) is 9.16. The highest BCUT2D eigenvalue weighted by Crippen LogP contribution is 2.09. The zero-order chi connectivity index (χ0) is 10.4. The first-order valence-electron chi connectivity index (χ1n) is 3.92. The van der Waals surface area contributed by atoms with E-state index < -0.39 is 0 Å². The van der Waals surface area contributed by atoms with Gasteiger partial charge in [0.2, 0.25) is 0 Å². The van der Waals surface area contributed by atoms with Gasteiger partial charge in [-0.3, -0.25) is 0 Å². The molecule has 0 radical (unpaired) electrons. The minimum Gasteiger partial charge on any atom is -0.379 e. The summed E-state index contributed by atoms with van der Waals surface area (Å²) in [5.41, 5.74) is 1.41. The van der Waals surface area contributed by atoms with E-state index in [4.69, 9.17) is 27.9 Å². The number of methoxy groups -OCH3 is 1. The molecule has 1 aromatic heterocycles. The van der Waals surface area contributed by atoms with Crippen molar-refractivity contribution in [1.29, 1.82) is 0 Å². The Bertz CT molecular complexity index is 344. The molecular weight excluding hydrogens is 223 g/mol. The molecule has 0 N–H and O–H groups in total. The second kappa shape index (κ2) is 5.86. The molecule has 0 saturated carbocycles. The number of rotatable bonds is 4. The Morgan fingerprint density at radius 1 is 1.71 bits per heavy atom. The van der Waals surface area contributed by atoms with Crippen LogP contribution in [0.2, 0.25) is 0 Å². The minimum atomic E-state index is 0.374. The van der Waals surface area contributed by atoms with E-state index in [1.54, 1.807) is 36.3 Å². The van der Waals surface area contributed by atoms with E-state index >= 15 is 0 Å². The summed E-state index contributed by atoms with van der Waals surface area (Å²) in [6.07, 6.45) is 6.85. The van der Waals surface area contributed by atoms with Gasteiger partial charge >= 0.3 is 0 Å². The van der Waals surface area contributed by atoms with Crippen molar-refractivity contribution in [3.05, 3.63) is 28.8 Å². The molecule has 0 unspecified atom stereocenters. The van der Waals surface area contributed by atoms with E-state index in [2.05, 4.69) is 4.98 Å². The number of halogens is 2. The molecular formula is C9H10Cl2N2O. The van der Waals surface area contributed by atoms with Crippen LogP contribution in [0.1, 0.15) is 5.82 Å². The maximum atomic E-state index is 5.87. The Morgan fingerprint density at radius 3 is 3.14 bits per heavy atom. The van der Waals surface area contributed by atoms with Crippen molar-refractivity contribution >= 4 is 35.5 Å². The first-order chi connectivity index (χ1) is 6.77. The summed E-state index contributed by atoms with van der Waals surface area (Å²) in [7, 11) is 1.58. The maximum absolute atomic E-state index is 5.87. The van der Waals surface area contributed by atoms with Crippen LogP contribution < -0.4 is 0 Å². The molecule has 0 fully saturated rings. The fourth-order valence-corrected chi connectivity index (χ4v) is 1.27. The Labute approximate surface area is 92.6 Å². The summed E-state index contributed by atoms with van der Waals surface area (Å²) < 4.78 is 6.63. The SMILES string of the molecule is COC/C(Cl)=C/c1nccn1/C=C\Cl. The van der Waals surface area contributed by atoms with Crippen molar-refractivity contribution in [3.8, 4) is 0 Å². The smallest absolute Gasteiger partial charge is 0.137 e. The molecule has 5 heteroatoms. The molecule has 1 rings (SSSR count). The lowest BCUT2D eigenvalue weighted by Crippen LogP contribution is -1.92. The van der Waals surface area contributed by atoms with Crippen molar-refractivity contribution in [2.24, 2.45) is 0 Å². The standard InChI is InChI=1S/C9H10Cl2N2O/c1-14-7-8(11)6-9-12-3-5-13(9)4-2-10/h2-6H,7H2,1H3/b4-2-,8-6-. The van der Waals surface area contributed by atoms with Gasteiger partial charge < -0.3 is 9.30 Å². The van der Waals surface area contributed by atoms with Gasteiger partial charge in [-0.25, -0.2) is 4.98 Å². The predicted molar refractivity (Wildman–Crippen MR) is 59.1 cm³/mol. The largest absolute Gasteiger partial charge is 0.379 e. The molecule has 0 aliphatic carbocycles. The Kier molecular flexibility index (Phi) is 4.73. The highest BCUT2D eigenvalue weighted by molar-refractivity contribution is 6.31. The fraction of sp³-hybridized carbons (Fsp3) is 0.222. The summed E-state index contributed by atoms with van der Waals surface area (Å²) in [4.78, 5) is 4.09. The van der Waals surface area contributed by atoms with Crippen LogP contribution in [0.4, 0.5) is 0 Å². The highest BCUT2D eigenvalue weighted by atomic mass is 35.5. The van der Waals surface area contributed by atoms with Crippen molar-refractivity contribution in [2.75, 3.05) is 13.7 Å². The molecule has 0 atom stereocenters. The van der Waals surface area contributed by atoms with Gasteiger partial charge in [0.05, 0.1) is 6.61 Å². The first kappa shape index (κ1) is 11.3. The normalized spacial score (nSPS) is 12.6. The van der Waals surface area contributed by atoms with E-state index in [0.29, 0.717) is 17.5 Å². The molecule has 0 aliphatic rings. The third-order valence-electron chi connectivity index (χ3n) is 1.48. The van der Waals surface area contributed by atoms with Crippen molar-refractivity contribution in [3.63, 3.8) is 0 Å².